The second kappa shape index (κ2) is 5.14. The number of carbonyl (C=O) groups is 1. The predicted octanol–water partition coefficient (Wildman–Crippen LogP) is 3.67. The average Bonchev–Trinajstić information content (AvgIpc) is 2.79. The number of nitrogens with zero attached hydrogens (tertiary/aromatic N) is 1. The quantitative estimate of drug-likeness (QED) is 0.652. The molecule has 0 unspecified atom stereocenters. The van der Waals surface area contributed by atoms with E-state index in [1.165, 1.54) is 5.56 Å². The first-order chi connectivity index (χ1) is 9.95. The number of rotatable bonds is 2. The number of fused-ring (bicyclic) bond motifs is 1. The lowest BCUT2D eigenvalue weighted by Gasteiger charge is -2.31. The molecule has 3 heteroatoms. The Balaban J connectivity index is 1.62. The summed E-state index contributed by atoms with van der Waals surface area (Å²) in [6, 6.07) is 7.78. The number of hydrazone groups is 1. The van der Waals surface area contributed by atoms with Crippen LogP contribution in [-0.2, 0) is 5.41 Å². The Morgan fingerprint density at radius 1 is 1.24 bits per heavy atom. The molecular weight excluding hydrogens is 260 g/mol. The molecule has 1 aromatic carbocycles. The highest BCUT2D eigenvalue weighted by Gasteiger charge is 2.38. The maximum atomic E-state index is 12.1. The van der Waals surface area contributed by atoms with Crippen molar-refractivity contribution in [1.29, 1.82) is 0 Å². The highest BCUT2D eigenvalue weighted by atomic mass is 16.2. The van der Waals surface area contributed by atoms with Crippen molar-refractivity contribution in [3.05, 3.63) is 47.5 Å². The first-order valence-corrected chi connectivity index (χ1v) is 7.59. The largest absolute Gasteiger partial charge is 0.271 e. The zero-order valence-corrected chi connectivity index (χ0v) is 12.9. The first-order valence-electron chi connectivity index (χ1n) is 7.59. The summed E-state index contributed by atoms with van der Waals surface area (Å²) in [5, 5.41) is 4.30. The monoisotopic (exact) mass is 282 g/mol. The SMILES string of the molecule is CC(C)(C)c1ccc(C(=O)N/N=C2/C[C@@H]3C=CC[C@H]23)cc1. The molecular formula is C18H22N2O. The van der Waals surface area contributed by atoms with Gasteiger partial charge in [0.2, 0.25) is 0 Å². The van der Waals surface area contributed by atoms with E-state index in [4.69, 9.17) is 0 Å². The van der Waals surface area contributed by atoms with Crippen molar-refractivity contribution in [3.8, 4) is 0 Å². The fourth-order valence-corrected chi connectivity index (χ4v) is 2.97. The molecule has 21 heavy (non-hydrogen) atoms. The number of carbonyl (C=O) groups excluding carboxylic acids is 1. The summed E-state index contributed by atoms with van der Waals surface area (Å²) < 4.78 is 0. The van der Waals surface area contributed by atoms with Crippen molar-refractivity contribution in [2.24, 2.45) is 16.9 Å². The summed E-state index contributed by atoms with van der Waals surface area (Å²) in [5.74, 6) is 1.07. The van der Waals surface area contributed by atoms with Crippen LogP contribution in [0.4, 0.5) is 0 Å². The van der Waals surface area contributed by atoms with Crippen LogP contribution in [0.1, 0.15) is 49.5 Å². The Labute approximate surface area is 126 Å². The Hall–Kier alpha value is -1.90. The van der Waals surface area contributed by atoms with Crippen molar-refractivity contribution in [2.75, 3.05) is 0 Å². The maximum Gasteiger partial charge on any atom is 0.271 e. The normalized spacial score (nSPS) is 25.6. The fraction of sp³-hybridized carbons (Fsp3) is 0.444. The molecule has 2 aliphatic rings. The highest BCUT2D eigenvalue weighted by Crippen LogP contribution is 2.40. The fourth-order valence-electron chi connectivity index (χ4n) is 2.97. The van der Waals surface area contributed by atoms with Crippen LogP contribution < -0.4 is 5.43 Å². The summed E-state index contributed by atoms with van der Waals surface area (Å²) in [4.78, 5) is 12.1. The lowest BCUT2D eigenvalue weighted by atomic mass is 9.74. The number of hydrogen-bond acceptors (Lipinski definition) is 2. The molecule has 0 aromatic heterocycles. The van der Waals surface area contributed by atoms with E-state index in [0.29, 0.717) is 17.4 Å². The summed E-state index contributed by atoms with van der Waals surface area (Å²) in [6.45, 7) is 6.49. The minimum Gasteiger partial charge on any atom is -0.267 e. The van der Waals surface area contributed by atoms with Gasteiger partial charge in [-0.1, -0.05) is 45.1 Å². The number of allylic oxidation sites excluding steroid dienone is 2. The zero-order valence-electron chi connectivity index (χ0n) is 12.9. The predicted molar refractivity (Wildman–Crippen MR) is 85.4 cm³/mol. The van der Waals surface area contributed by atoms with Crippen LogP contribution in [0.2, 0.25) is 0 Å². The first kappa shape index (κ1) is 14.1. The summed E-state index contributed by atoms with van der Waals surface area (Å²) in [7, 11) is 0. The van der Waals surface area contributed by atoms with Crippen molar-refractivity contribution < 1.29 is 4.79 Å². The smallest absolute Gasteiger partial charge is 0.267 e. The minimum atomic E-state index is -0.127. The number of amides is 1. The molecule has 2 aliphatic carbocycles. The van der Waals surface area contributed by atoms with Crippen molar-refractivity contribution in [3.63, 3.8) is 0 Å². The number of benzene rings is 1. The summed E-state index contributed by atoms with van der Waals surface area (Å²) in [5.41, 5.74) is 5.81. The third-order valence-electron chi connectivity index (χ3n) is 4.48. The molecule has 0 aliphatic heterocycles. The van der Waals surface area contributed by atoms with Crippen LogP contribution in [0.15, 0.2) is 41.5 Å². The van der Waals surface area contributed by atoms with Crippen LogP contribution in [-0.4, -0.2) is 11.6 Å². The second-order valence-corrected chi connectivity index (χ2v) is 7.01. The molecule has 0 spiro atoms. The van der Waals surface area contributed by atoms with E-state index in [9.17, 15) is 4.79 Å². The molecule has 3 nitrogen and oxygen atoms in total. The van der Waals surface area contributed by atoms with Gasteiger partial charge in [-0.05, 0) is 41.9 Å². The Kier molecular flexibility index (Phi) is 3.44. The van der Waals surface area contributed by atoms with Gasteiger partial charge in [0.25, 0.3) is 5.91 Å². The third-order valence-corrected chi connectivity index (χ3v) is 4.48. The molecule has 3 rings (SSSR count). The summed E-state index contributed by atoms with van der Waals surface area (Å²) >= 11 is 0. The second-order valence-electron chi connectivity index (χ2n) is 7.01. The van der Waals surface area contributed by atoms with Gasteiger partial charge in [-0.3, -0.25) is 4.79 Å². The van der Waals surface area contributed by atoms with E-state index >= 15 is 0 Å². The van der Waals surface area contributed by atoms with Gasteiger partial charge in [0, 0.05) is 17.2 Å². The molecule has 0 radical (unpaired) electrons. The molecule has 2 atom stereocenters. The van der Waals surface area contributed by atoms with Gasteiger partial charge in [-0.15, -0.1) is 0 Å². The lowest BCUT2D eigenvalue weighted by molar-refractivity contribution is 0.0954. The minimum absolute atomic E-state index is 0.103. The average molecular weight is 282 g/mol. The van der Waals surface area contributed by atoms with Gasteiger partial charge in [-0.2, -0.15) is 5.10 Å². The van der Waals surface area contributed by atoms with E-state index in [-0.39, 0.29) is 11.3 Å². The van der Waals surface area contributed by atoms with Gasteiger partial charge < -0.3 is 0 Å². The molecule has 1 amide bonds. The van der Waals surface area contributed by atoms with Gasteiger partial charge in [0.15, 0.2) is 0 Å². The Morgan fingerprint density at radius 2 is 1.95 bits per heavy atom. The number of hydrogen-bond donors (Lipinski definition) is 1. The molecule has 110 valence electrons. The van der Waals surface area contributed by atoms with Crippen LogP contribution >= 0.6 is 0 Å². The van der Waals surface area contributed by atoms with E-state index in [2.05, 4.69) is 43.5 Å². The van der Waals surface area contributed by atoms with Crippen LogP contribution in [0.5, 0.6) is 0 Å². The molecule has 0 heterocycles. The van der Waals surface area contributed by atoms with Crippen molar-refractivity contribution >= 4 is 11.6 Å². The van der Waals surface area contributed by atoms with Crippen LogP contribution in [0.25, 0.3) is 0 Å². The molecule has 0 bridgehead atoms. The molecule has 1 fully saturated rings. The molecule has 1 saturated carbocycles. The Bertz CT molecular complexity index is 605. The Morgan fingerprint density at radius 3 is 2.57 bits per heavy atom. The zero-order chi connectivity index (χ0) is 15.0. The van der Waals surface area contributed by atoms with E-state index in [1.54, 1.807) is 0 Å². The molecule has 1 aromatic rings. The van der Waals surface area contributed by atoms with Gasteiger partial charge in [0.05, 0.1) is 0 Å². The topological polar surface area (TPSA) is 41.5 Å². The van der Waals surface area contributed by atoms with Crippen LogP contribution in [0.3, 0.4) is 0 Å². The lowest BCUT2D eigenvalue weighted by Crippen LogP contribution is -2.35. The highest BCUT2D eigenvalue weighted by molar-refractivity contribution is 5.98. The standard InChI is InChI=1S/C18H22N2O/c1-18(2,3)14-9-7-12(8-10-14)17(21)20-19-16-11-13-5-4-6-15(13)16/h4-5,7-10,13,15H,6,11H2,1-3H3,(H,20,21)/b19-16-/t13-,15-/m0/s1. The summed E-state index contributed by atoms with van der Waals surface area (Å²) in [6.07, 6.45) is 6.53. The molecule has 0 saturated heterocycles. The van der Waals surface area contributed by atoms with Crippen molar-refractivity contribution in [2.45, 2.75) is 39.0 Å². The number of nitrogens with one attached hydrogen (secondary N) is 1. The van der Waals surface area contributed by atoms with E-state index < -0.39 is 0 Å². The van der Waals surface area contributed by atoms with Gasteiger partial charge in [-0.25, -0.2) is 5.43 Å². The van der Waals surface area contributed by atoms with Crippen molar-refractivity contribution in [1.82, 2.24) is 5.43 Å². The molecule has 1 N–H and O–H groups in total. The van der Waals surface area contributed by atoms with E-state index in [0.717, 1.165) is 18.6 Å². The van der Waals surface area contributed by atoms with Gasteiger partial charge >= 0.3 is 0 Å². The maximum absolute atomic E-state index is 12.1. The third kappa shape index (κ3) is 2.78. The van der Waals surface area contributed by atoms with Gasteiger partial charge in [0.1, 0.15) is 0 Å². The van der Waals surface area contributed by atoms with Crippen LogP contribution in [0, 0.1) is 11.8 Å². The van der Waals surface area contributed by atoms with E-state index in [1.807, 2.05) is 24.3 Å².